The molecule has 1 aliphatic heterocycles. The fraction of sp³-hybridized carbons (Fsp3) is 0.412. The summed E-state index contributed by atoms with van der Waals surface area (Å²) >= 11 is 0. The Balaban J connectivity index is 1.99. The molecule has 2 heterocycles. The molecule has 1 fully saturated rings. The maximum atomic E-state index is 13.9. The number of methoxy groups -OCH3 is 1. The number of sulfonamides is 1. The molecule has 0 aliphatic carbocycles. The average molecular weight is 381 g/mol. The number of halogens is 1. The molecule has 1 saturated heterocycles. The second-order valence-electron chi connectivity index (χ2n) is 6.09. The lowest BCUT2D eigenvalue weighted by Gasteiger charge is -2.25. The quantitative estimate of drug-likeness (QED) is 0.741. The van der Waals surface area contributed by atoms with Gasteiger partial charge in [0, 0.05) is 24.8 Å². The van der Waals surface area contributed by atoms with Crippen LogP contribution in [0.5, 0.6) is 0 Å². The molecule has 0 bridgehead atoms. The molecule has 140 valence electrons. The number of nitrogens with zero attached hydrogens (tertiary/aromatic N) is 3. The minimum Gasteiger partial charge on any atom is -0.465 e. The third-order valence-corrected chi connectivity index (χ3v) is 6.16. The van der Waals surface area contributed by atoms with E-state index in [2.05, 4.69) is 5.10 Å². The monoisotopic (exact) mass is 381 g/mol. The average Bonchev–Trinajstić information content (AvgIpc) is 3.08. The van der Waals surface area contributed by atoms with E-state index in [0.29, 0.717) is 18.7 Å². The van der Waals surface area contributed by atoms with Gasteiger partial charge in [0.2, 0.25) is 5.03 Å². The van der Waals surface area contributed by atoms with E-state index in [4.69, 9.17) is 4.74 Å². The summed E-state index contributed by atoms with van der Waals surface area (Å²) < 4.78 is 47.0. The number of ether oxygens (including phenoxy) is 1. The molecule has 9 heteroatoms. The number of benzene rings is 1. The third-order valence-electron chi connectivity index (χ3n) is 4.32. The van der Waals surface area contributed by atoms with Gasteiger partial charge in [-0.2, -0.15) is 9.40 Å². The van der Waals surface area contributed by atoms with E-state index >= 15 is 0 Å². The molecule has 0 amide bonds. The van der Waals surface area contributed by atoms with Crippen LogP contribution in [-0.4, -0.2) is 48.7 Å². The van der Waals surface area contributed by atoms with Gasteiger partial charge in [0.25, 0.3) is 10.0 Å². The van der Waals surface area contributed by atoms with E-state index in [9.17, 15) is 17.6 Å². The largest absolute Gasteiger partial charge is 0.465 e. The topological polar surface area (TPSA) is 81.5 Å². The first-order valence-electron chi connectivity index (χ1n) is 8.33. The number of hydrogen-bond acceptors (Lipinski definition) is 5. The van der Waals surface area contributed by atoms with Gasteiger partial charge < -0.3 is 4.74 Å². The molecule has 1 aliphatic rings. The predicted octanol–water partition coefficient (Wildman–Crippen LogP) is 2.03. The maximum absolute atomic E-state index is 13.9. The van der Waals surface area contributed by atoms with Crippen molar-refractivity contribution < 1.29 is 22.3 Å². The Bertz CT molecular complexity index is 904. The van der Waals surface area contributed by atoms with Crippen molar-refractivity contribution in [3.63, 3.8) is 0 Å². The van der Waals surface area contributed by atoms with Crippen LogP contribution >= 0.6 is 0 Å². The highest BCUT2D eigenvalue weighted by atomic mass is 32.2. The highest BCUT2D eigenvalue weighted by Gasteiger charge is 2.33. The smallest absolute Gasteiger partial charge is 0.342 e. The number of rotatable bonds is 5. The molecule has 0 atom stereocenters. The zero-order chi connectivity index (χ0) is 18.7. The number of esters is 1. The number of piperidine rings is 1. The normalized spacial score (nSPS) is 15.8. The van der Waals surface area contributed by atoms with Crippen molar-refractivity contribution in [2.24, 2.45) is 0 Å². The van der Waals surface area contributed by atoms with Gasteiger partial charge in [0.15, 0.2) is 0 Å². The van der Waals surface area contributed by atoms with Crippen molar-refractivity contribution >= 4 is 16.0 Å². The SMILES string of the molecule is COC(=O)c1cn(Cc2ccccc2F)nc1S(=O)(=O)N1CCCCC1. The van der Waals surface area contributed by atoms with Gasteiger partial charge >= 0.3 is 5.97 Å². The molecular weight excluding hydrogens is 361 g/mol. The lowest BCUT2D eigenvalue weighted by atomic mass is 10.2. The summed E-state index contributed by atoms with van der Waals surface area (Å²) in [7, 11) is -2.75. The van der Waals surface area contributed by atoms with Crippen LogP contribution in [-0.2, 0) is 21.3 Å². The minimum atomic E-state index is -3.92. The van der Waals surface area contributed by atoms with Crippen LogP contribution in [0.25, 0.3) is 0 Å². The molecular formula is C17H20FN3O4S. The highest BCUT2D eigenvalue weighted by molar-refractivity contribution is 7.89. The highest BCUT2D eigenvalue weighted by Crippen LogP contribution is 2.23. The first kappa shape index (κ1) is 18.5. The number of carbonyl (C=O) groups excluding carboxylic acids is 1. The van der Waals surface area contributed by atoms with Crippen LogP contribution in [0.15, 0.2) is 35.5 Å². The van der Waals surface area contributed by atoms with Gasteiger partial charge in [0.05, 0.1) is 13.7 Å². The van der Waals surface area contributed by atoms with Gasteiger partial charge in [-0.3, -0.25) is 4.68 Å². The van der Waals surface area contributed by atoms with Gasteiger partial charge in [-0.05, 0) is 18.9 Å². The molecule has 2 aromatic rings. The van der Waals surface area contributed by atoms with E-state index in [1.54, 1.807) is 18.2 Å². The third kappa shape index (κ3) is 3.63. The number of hydrogen-bond donors (Lipinski definition) is 0. The van der Waals surface area contributed by atoms with Gasteiger partial charge in [-0.25, -0.2) is 17.6 Å². The molecule has 0 radical (unpaired) electrons. The van der Waals surface area contributed by atoms with Crippen molar-refractivity contribution in [3.05, 3.63) is 47.4 Å². The van der Waals surface area contributed by atoms with Crippen molar-refractivity contribution in [1.29, 1.82) is 0 Å². The summed E-state index contributed by atoms with van der Waals surface area (Å²) in [6, 6.07) is 6.13. The summed E-state index contributed by atoms with van der Waals surface area (Å²) in [4.78, 5) is 12.1. The first-order valence-corrected chi connectivity index (χ1v) is 9.77. The Morgan fingerprint density at radius 3 is 2.58 bits per heavy atom. The molecule has 0 saturated carbocycles. The van der Waals surface area contributed by atoms with Crippen LogP contribution in [0, 0.1) is 5.82 Å². The van der Waals surface area contributed by atoms with Crippen LogP contribution in [0.4, 0.5) is 4.39 Å². The summed E-state index contributed by atoms with van der Waals surface area (Å²) in [5, 5.41) is 3.74. The Hall–Kier alpha value is -2.26. The van der Waals surface area contributed by atoms with Crippen LogP contribution in [0.2, 0.25) is 0 Å². The van der Waals surface area contributed by atoms with Crippen molar-refractivity contribution in [2.45, 2.75) is 30.8 Å². The zero-order valence-corrected chi connectivity index (χ0v) is 15.2. The molecule has 3 rings (SSSR count). The summed E-state index contributed by atoms with van der Waals surface area (Å²) in [5.41, 5.74) is 0.197. The summed E-state index contributed by atoms with van der Waals surface area (Å²) in [6.07, 6.45) is 3.79. The van der Waals surface area contributed by atoms with E-state index in [0.717, 1.165) is 19.3 Å². The lowest BCUT2D eigenvalue weighted by molar-refractivity contribution is 0.0596. The van der Waals surface area contributed by atoms with Crippen molar-refractivity contribution in [2.75, 3.05) is 20.2 Å². The first-order chi connectivity index (χ1) is 12.4. The molecule has 26 heavy (non-hydrogen) atoms. The second-order valence-corrected chi connectivity index (χ2v) is 7.95. The Kier molecular flexibility index (Phi) is 5.38. The maximum Gasteiger partial charge on any atom is 0.342 e. The van der Waals surface area contributed by atoms with Gasteiger partial charge in [0.1, 0.15) is 11.4 Å². The summed E-state index contributed by atoms with van der Waals surface area (Å²) in [6.45, 7) is 0.790. The number of aromatic nitrogens is 2. The fourth-order valence-corrected chi connectivity index (χ4v) is 4.56. The predicted molar refractivity (Wildman–Crippen MR) is 91.7 cm³/mol. The number of carbonyl (C=O) groups is 1. The molecule has 1 aromatic carbocycles. The molecule has 1 aromatic heterocycles. The van der Waals surface area contributed by atoms with E-state index in [1.165, 1.54) is 28.4 Å². The Morgan fingerprint density at radius 2 is 1.92 bits per heavy atom. The van der Waals surface area contributed by atoms with Crippen LogP contribution in [0.3, 0.4) is 0 Å². The van der Waals surface area contributed by atoms with Gasteiger partial charge in [-0.15, -0.1) is 0 Å². The lowest BCUT2D eigenvalue weighted by Crippen LogP contribution is -2.36. The Labute approximate surface area is 151 Å². The molecule has 7 nitrogen and oxygen atoms in total. The molecule has 0 spiro atoms. The van der Waals surface area contributed by atoms with Gasteiger partial charge in [-0.1, -0.05) is 24.6 Å². The zero-order valence-electron chi connectivity index (χ0n) is 14.4. The van der Waals surface area contributed by atoms with E-state index in [-0.39, 0.29) is 17.1 Å². The van der Waals surface area contributed by atoms with Crippen molar-refractivity contribution in [3.8, 4) is 0 Å². The fourth-order valence-electron chi connectivity index (χ4n) is 2.95. The van der Waals surface area contributed by atoms with Crippen LogP contribution in [0.1, 0.15) is 35.2 Å². The summed E-state index contributed by atoms with van der Waals surface area (Å²) in [5.74, 6) is -1.22. The molecule has 0 unspecified atom stereocenters. The van der Waals surface area contributed by atoms with Crippen molar-refractivity contribution in [1.82, 2.24) is 14.1 Å². The van der Waals surface area contributed by atoms with Crippen LogP contribution < -0.4 is 0 Å². The Morgan fingerprint density at radius 1 is 1.23 bits per heavy atom. The van der Waals surface area contributed by atoms with E-state index in [1.807, 2.05) is 0 Å². The standard InChI is InChI=1S/C17H20FN3O4S/c1-25-17(22)14-12-20(11-13-7-3-4-8-15(13)18)19-16(14)26(23,24)21-9-5-2-6-10-21/h3-4,7-8,12H,2,5-6,9-11H2,1H3. The minimum absolute atomic E-state index is 0.00614. The second kappa shape index (κ2) is 7.55. The molecule has 0 N–H and O–H groups in total. The van der Waals surface area contributed by atoms with E-state index < -0.39 is 21.8 Å².